The van der Waals surface area contributed by atoms with Crippen LogP contribution in [0.25, 0.3) is 0 Å². The smallest absolute Gasteiger partial charge is 0.0802 e. The van der Waals surface area contributed by atoms with E-state index in [4.69, 9.17) is 16.3 Å². The highest BCUT2D eigenvalue weighted by Crippen LogP contribution is 1.98. The first kappa shape index (κ1) is 12.2. The topological polar surface area (TPSA) is 32.7 Å². The van der Waals surface area contributed by atoms with Gasteiger partial charge in [0.2, 0.25) is 0 Å². The third-order valence-electron chi connectivity index (χ3n) is 1.84. The van der Waals surface area contributed by atoms with Crippen LogP contribution >= 0.6 is 11.6 Å². The minimum absolute atomic E-state index is 0.282. The van der Waals surface area contributed by atoms with Crippen LogP contribution in [0.15, 0.2) is 0 Å². The van der Waals surface area contributed by atoms with Gasteiger partial charge < -0.3 is 9.84 Å². The summed E-state index contributed by atoms with van der Waals surface area (Å²) in [7, 11) is 3.61. The van der Waals surface area contributed by atoms with Gasteiger partial charge in [-0.2, -0.15) is 0 Å². The molecule has 3 nitrogen and oxygen atoms in total. The van der Waals surface area contributed by atoms with Gasteiger partial charge in [0.1, 0.15) is 0 Å². The van der Waals surface area contributed by atoms with Crippen LogP contribution in [0.2, 0.25) is 0 Å². The van der Waals surface area contributed by atoms with Crippen molar-refractivity contribution >= 4 is 11.6 Å². The van der Waals surface area contributed by atoms with Crippen LogP contribution in [-0.2, 0) is 4.74 Å². The van der Waals surface area contributed by atoms with E-state index in [1.54, 1.807) is 7.11 Å². The number of rotatable bonds is 6. The molecule has 0 aromatic rings. The highest BCUT2D eigenvalue weighted by molar-refractivity contribution is 6.18. The van der Waals surface area contributed by atoms with Crippen molar-refractivity contribution in [1.29, 1.82) is 0 Å². The molecule has 0 fully saturated rings. The summed E-state index contributed by atoms with van der Waals surface area (Å²) in [5.74, 6) is 0.282. The van der Waals surface area contributed by atoms with Crippen LogP contribution in [0.5, 0.6) is 0 Å². The molecule has 0 aliphatic heterocycles. The fourth-order valence-electron chi connectivity index (χ4n) is 0.930. The SMILES string of the molecule is COCC(C)N(C)CC(O)CCl. The molecule has 0 radical (unpaired) electrons. The van der Waals surface area contributed by atoms with Gasteiger partial charge in [-0.05, 0) is 14.0 Å². The second-order valence-corrected chi connectivity index (χ2v) is 3.36. The Hall–Kier alpha value is 0.170. The van der Waals surface area contributed by atoms with Gasteiger partial charge in [0, 0.05) is 25.6 Å². The molecule has 0 aromatic heterocycles. The first-order valence-corrected chi connectivity index (χ1v) is 4.58. The maximum atomic E-state index is 9.23. The minimum atomic E-state index is -0.448. The fraction of sp³-hybridized carbons (Fsp3) is 1.00. The summed E-state index contributed by atoms with van der Waals surface area (Å²) in [6, 6.07) is 0.313. The summed E-state index contributed by atoms with van der Waals surface area (Å²) >= 11 is 5.47. The Morgan fingerprint density at radius 1 is 1.58 bits per heavy atom. The highest BCUT2D eigenvalue weighted by Gasteiger charge is 2.12. The molecule has 0 aromatic carbocycles. The molecule has 0 rings (SSSR count). The second kappa shape index (κ2) is 6.66. The van der Waals surface area contributed by atoms with Crippen LogP contribution in [0, 0.1) is 0 Å². The van der Waals surface area contributed by atoms with Crippen molar-refractivity contribution in [3.63, 3.8) is 0 Å². The lowest BCUT2D eigenvalue weighted by atomic mass is 10.3. The lowest BCUT2D eigenvalue weighted by molar-refractivity contribution is 0.0791. The van der Waals surface area contributed by atoms with Crippen LogP contribution in [0.1, 0.15) is 6.92 Å². The number of ether oxygens (including phenoxy) is 1. The number of hydrogen-bond acceptors (Lipinski definition) is 3. The van der Waals surface area contributed by atoms with Crippen molar-refractivity contribution in [3.8, 4) is 0 Å². The van der Waals surface area contributed by atoms with Gasteiger partial charge in [0.25, 0.3) is 0 Å². The van der Waals surface area contributed by atoms with E-state index < -0.39 is 6.10 Å². The van der Waals surface area contributed by atoms with Gasteiger partial charge in [-0.3, -0.25) is 4.90 Å². The summed E-state index contributed by atoms with van der Waals surface area (Å²) in [4.78, 5) is 2.02. The van der Waals surface area contributed by atoms with Crippen molar-refractivity contribution in [2.45, 2.75) is 19.1 Å². The Kier molecular flexibility index (Phi) is 6.76. The summed E-state index contributed by atoms with van der Waals surface area (Å²) in [6.07, 6.45) is -0.448. The number of aliphatic hydroxyl groups excluding tert-OH is 1. The number of likely N-dealkylation sites (N-methyl/N-ethyl adjacent to an activating group) is 1. The van der Waals surface area contributed by atoms with E-state index in [1.165, 1.54) is 0 Å². The van der Waals surface area contributed by atoms with Crippen LogP contribution in [0.3, 0.4) is 0 Å². The van der Waals surface area contributed by atoms with E-state index in [-0.39, 0.29) is 5.88 Å². The molecule has 0 saturated heterocycles. The number of hydrogen-bond donors (Lipinski definition) is 1. The predicted molar refractivity (Wildman–Crippen MR) is 50.7 cm³/mol. The highest BCUT2D eigenvalue weighted by atomic mass is 35.5. The van der Waals surface area contributed by atoms with Crippen molar-refractivity contribution in [2.24, 2.45) is 0 Å². The summed E-state index contributed by atoms with van der Waals surface area (Å²) in [6.45, 7) is 3.31. The second-order valence-electron chi connectivity index (χ2n) is 3.05. The average Bonchev–Trinajstić information content (AvgIpc) is 2.04. The van der Waals surface area contributed by atoms with Gasteiger partial charge >= 0.3 is 0 Å². The van der Waals surface area contributed by atoms with Gasteiger partial charge in [-0.1, -0.05) is 0 Å². The molecule has 12 heavy (non-hydrogen) atoms. The van der Waals surface area contributed by atoms with E-state index >= 15 is 0 Å². The lowest BCUT2D eigenvalue weighted by Crippen LogP contribution is -2.38. The minimum Gasteiger partial charge on any atom is -0.391 e. The van der Waals surface area contributed by atoms with E-state index in [9.17, 15) is 5.11 Å². The number of methoxy groups -OCH3 is 1. The van der Waals surface area contributed by atoms with Crippen molar-refractivity contribution in [1.82, 2.24) is 4.90 Å². The van der Waals surface area contributed by atoms with Crippen molar-refractivity contribution in [2.75, 3.05) is 33.2 Å². The van der Waals surface area contributed by atoms with E-state index in [0.717, 1.165) is 0 Å². The molecule has 4 heteroatoms. The Morgan fingerprint density at radius 3 is 2.58 bits per heavy atom. The van der Waals surface area contributed by atoms with Crippen LogP contribution in [0.4, 0.5) is 0 Å². The molecule has 0 heterocycles. The van der Waals surface area contributed by atoms with Crippen LogP contribution < -0.4 is 0 Å². The largest absolute Gasteiger partial charge is 0.391 e. The van der Waals surface area contributed by atoms with Crippen molar-refractivity contribution in [3.05, 3.63) is 0 Å². The summed E-state index contributed by atoms with van der Waals surface area (Å²) in [5, 5.41) is 9.23. The normalized spacial score (nSPS) is 16.5. The first-order chi connectivity index (χ1) is 5.61. The van der Waals surface area contributed by atoms with Crippen LogP contribution in [-0.4, -0.2) is 55.3 Å². The Labute approximate surface area is 79.3 Å². The van der Waals surface area contributed by atoms with Crippen molar-refractivity contribution < 1.29 is 9.84 Å². The standard InChI is InChI=1S/C8H18ClNO2/c1-7(6-12-3)10(2)5-8(11)4-9/h7-8,11H,4-6H2,1-3H3. The molecule has 1 N–H and O–H groups in total. The molecular weight excluding hydrogens is 178 g/mol. The molecule has 0 spiro atoms. The number of alkyl halides is 1. The molecule has 2 atom stereocenters. The number of halogens is 1. The molecular formula is C8H18ClNO2. The van der Waals surface area contributed by atoms with E-state index in [0.29, 0.717) is 19.2 Å². The third kappa shape index (κ3) is 4.93. The maximum absolute atomic E-state index is 9.23. The number of aliphatic hydroxyl groups is 1. The zero-order valence-electron chi connectivity index (χ0n) is 7.96. The Morgan fingerprint density at radius 2 is 2.17 bits per heavy atom. The Bertz CT molecular complexity index is 113. The third-order valence-corrected chi connectivity index (χ3v) is 2.19. The monoisotopic (exact) mass is 195 g/mol. The Balaban J connectivity index is 3.62. The molecule has 2 unspecified atom stereocenters. The molecule has 0 saturated carbocycles. The summed E-state index contributed by atoms with van der Waals surface area (Å²) < 4.78 is 4.98. The quantitative estimate of drug-likeness (QED) is 0.629. The maximum Gasteiger partial charge on any atom is 0.0802 e. The van der Waals surface area contributed by atoms with Gasteiger partial charge in [-0.15, -0.1) is 11.6 Å². The molecule has 0 aliphatic rings. The molecule has 0 amide bonds. The average molecular weight is 196 g/mol. The van der Waals surface area contributed by atoms with Gasteiger partial charge in [0.05, 0.1) is 12.7 Å². The zero-order chi connectivity index (χ0) is 9.56. The molecule has 0 bridgehead atoms. The molecule has 0 aliphatic carbocycles. The fourth-order valence-corrected chi connectivity index (χ4v) is 1.03. The van der Waals surface area contributed by atoms with Gasteiger partial charge in [-0.25, -0.2) is 0 Å². The van der Waals surface area contributed by atoms with E-state index in [2.05, 4.69) is 0 Å². The first-order valence-electron chi connectivity index (χ1n) is 4.05. The predicted octanol–water partition coefficient (Wildman–Crippen LogP) is 0.553. The van der Waals surface area contributed by atoms with E-state index in [1.807, 2.05) is 18.9 Å². The summed E-state index contributed by atoms with van der Waals surface area (Å²) in [5.41, 5.74) is 0. The lowest BCUT2D eigenvalue weighted by Gasteiger charge is -2.25. The molecule has 74 valence electrons. The zero-order valence-corrected chi connectivity index (χ0v) is 8.71. The number of nitrogens with zero attached hydrogens (tertiary/aromatic N) is 1. The van der Waals surface area contributed by atoms with Gasteiger partial charge in [0.15, 0.2) is 0 Å².